The Balaban J connectivity index is 2.11. The number of thioether (sulfide) groups is 1. The molecule has 18 heavy (non-hydrogen) atoms. The van der Waals surface area contributed by atoms with E-state index in [4.69, 9.17) is 28.9 Å². The van der Waals surface area contributed by atoms with Gasteiger partial charge in [0.2, 0.25) is 0 Å². The van der Waals surface area contributed by atoms with Gasteiger partial charge in [0, 0.05) is 16.3 Å². The molecule has 0 amide bonds. The summed E-state index contributed by atoms with van der Waals surface area (Å²) in [5, 5.41) is 1.03. The van der Waals surface area contributed by atoms with Crippen LogP contribution in [0, 0.1) is 5.82 Å². The van der Waals surface area contributed by atoms with Crippen LogP contribution in [0.4, 0.5) is 10.1 Å². The second kappa shape index (κ2) is 5.83. The molecule has 2 aromatic carbocycles. The van der Waals surface area contributed by atoms with Gasteiger partial charge in [-0.25, -0.2) is 4.39 Å². The van der Waals surface area contributed by atoms with Crippen LogP contribution in [0.1, 0.15) is 5.56 Å². The van der Waals surface area contributed by atoms with Gasteiger partial charge in [-0.15, -0.1) is 11.8 Å². The number of benzene rings is 2. The van der Waals surface area contributed by atoms with E-state index in [9.17, 15) is 4.39 Å². The molecule has 1 nitrogen and oxygen atoms in total. The monoisotopic (exact) mass is 301 g/mol. The number of nitrogen functional groups attached to an aromatic ring is 1. The number of halogens is 3. The fourth-order valence-electron chi connectivity index (χ4n) is 1.43. The smallest absolute Gasteiger partial charge is 0.123 e. The second-order valence-corrected chi connectivity index (χ2v) is 5.57. The molecule has 0 unspecified atom stereocenters. The lowest BCUT2D eigenvalue weighted by Crippen LogP contribution is -1.93. The highest BCUT2D eigenvalue weighted by Gasteiger charge is 2.04. The van der Waals surface area contributed by atoms with Crippen molar-refractivity contribution in [2.24, 2.45) is 0 Å². The molecule has 0 saturated heterocycles. The highest BCUT2D eigenvalue weighted by molar-refractivity contribution is 7.98. The van der Waals surface area contributed by atoms with Crippen LogP contribution in [-0.2, 0) is 5.75 Å². The quantitative estimate of drug-likeness (QED) is 0.637. The van der Waals surface area contributed by atoms with E-state index in [-0.39, 0.29) is 5.82 Å². The third-order valence-electron chi connectivity index (χ3n) is 2.39. The Bertz CT molecular complexity index is 575. The number of hydrogen-bond acceptors (Lipinski definition) is 2. The molecular weight excluding hydrogens is 292 g/mol. The van der Waals surface area contributed by atoms with E-state index in [1.54, 1.807) is 18.2 Å². The zero-order valence-electron chi connectivity index (χ0n) is 9.29. The summed E-state index contributed by atoms with van der Waals surface area (Å²) in [5.74, 6) is 0.301. The Morgan fingerprint density at radius 1 is 1.06 bits per heavy atom. The molecule has 2 aromatic rings. The molecule has 0 bridgehead atoms. The first-order chi connectivity index (χ1) is 8.56. The Kier molecular flexibility index (Phi) is 4.38. The third-order valence-corrected chi connectivity index (χ3v) is 4.17. The number of rotatable bonds is 3. The summed E-state index contributed by atoms with van der Waals surface area (Å²) in [6, 6.07) is 9.75. The van der Waals surface area contributed by atoms with Crippen molar-refractivity contribution in [1.29, 1.82) is 0 Å². The maximum atomic E-state index is 13.1. The van der Waals surface area contributed by atoms with Gasteiger partial charge in [-0.05, 0) is 42.0 Å². The van der Waals surface area contributed by atoms with Gasteiger partial charge in [-0.1, -0.05) is 23.2 Å². The Hall–Kier alpha value is -0.900. The van der Waals surface area contributed by atoms with Gasteiger partial charge in [-0.3, -0.25) is 0 Å². The number of hydrogen-bond donors (Lipinski definition) is 1. The molecule has 0 aromatic heterocycles. The van der Waals surface area contributed by atoms with Crippen LogP contribution < -0.4 is 5.73 Å². The SMILES string of the molecule is Nc1ccc(F)cc1CSc1ccc(Cl)c(Cl)c1. The van der Waals surface area contributed by atoms with Crippen molar-refractivity contribution in [3.63, 3.8) is 0 Å². The summed E-state index contributed by atoms with van der Waals surface area (Å²) in [6.45, 7) is 0. The lowest BCUT2D eigenvalue weighted by atomic mass is 10.2. The van der Waals surface area contributed by atoms with Crippen molar-refractivity contribution < 1.29 is 4.39 Å². The van der Waals surface area contributed by atoms with Crippen molar-refractivity contribution in [3.8, 4) is 0 Å². The normalized spacial score (nSPS) is 10.6. The number of nitrogens with two attached hydrogens (primary N) is 1. The second-order valence-electron chi connectivity index (χ2n) is 3.71. The molecule has 0 aliphatic heterocycles. The van der Waals surface area contributed by atoms with E-state index in [0.717, 1.165) is 10.5 Å². The van der Waals surface area contributed by atoms with Crippen molar-refractivity contribution in [2.75, 3.05) is 5.73 Å². The molecule has 0 aliphatic rings. The highest BCUT2D eigenvalue weighted by atomic mass is 35.5. The summed E-state index contributed by atoms with van der Waals surface area (Å²) in [4.78, 5) is 0.966. The minimum absolute atomic E-state index is 0.283. The van der Waals surface area contributed by atoms with Crippen molar-refractivity contribution in [1.82, 2.24) is 0 Å². The van der Waals surface area contributed by atoms with Crippen LogP contribution in [0.2, 0.25) is 10.0 Å². The largest absolute Gasteiger partial charge is 0.398 e. The van der Waals surface area contributed by atoms with Crippen LogP contribution in [-0.4, -0.2) is 0 Å². The van der Waals surface area contributed by atoms with E-state index in [2.05, 4.69) is 0 Å². The molecule has 0 spiro atoms. The van der Waals surface area contributed by atoms with Crippen molar-refractivity contribution in [3.05, 3.63) is 57.8 Å². The Labute approximate surface area is 119 Å². The van der Waals surface area contributed by atoms with Crippen LogP contribution in [0.5, 0.6) is 0 Å². The van der Waals surface area contributed by atoms with Gasteiger partial charge in [0.1, 0.15) is 5.82 Å². The minimum Gasteiger partial charge on any atom is -0.398 e. The molecule has 0 saturated carbocycles. The van der Waals surface area contributed by atoms with Crippen LogP contribution >= 0.6 is 35.0 Å². The molecule has 0 radical (unpaired) electrons. The minimum atomic E-state index is -0.283. The molecule has 94 valence electrons. The first-order valence-corrected chi connectivity index (χ1v) is 6.92. The molecule has 0 fully saturated rings. The Morgan fingerprint density at radius 3 is 2.56 bits per heavy atom. The molecule has 0 aliphatic carbocycles. The predicted molar refractivity (Wildman–Crippen MR) is 76.8 cm³/mol. The zero-order valence-corrected chi connectivity index (χ0v) is 11.6. The van der Waals surface area contributed by atoms with E-state index in [1.807, 2.05) is 6.07 Å². The van der Waals surface area contributed by atoms with Crippen LogP contribution in [0.15, 0.2) is 41.3 Å². The fourth-order valence-corrected chi connectivity index (χ4v) is 2.73. The number of anilines is 1. The summed E-state index contributed by atoms with van der Waals surface area (Å²) >= 11 is 13.3. The zero-order chi connectivity index (χ0) is 13.1. The third kappa shape index (κ3) is 3.31. The standard InChI is InChI=1S/C13H10Cl2FNS/c14-11-3-2-10(6-12(11)15)18-7-8-5-9(16)1-4-13(8)17/h1-6H,7,17H2. The predicted octanol–water partition coefficient (Wildman–Crippen LogP) is 5.01. The average Bonchev–Trinajstić information content (AvgIpc) is 2.34. The Morgan fingerprint density at radius 2 is 1.83 bits per heavy atom. The maximum absolute atomic E-state index is 13.1. The summed E-state index contributed by atoms with van der Waals surface area (Å²) in [5.41, 5.74) is 7.14. The van der Waals surface area contributed by atoms with Crippen molar-refractivity contribution >= 4 is 40.7 Å². The van der Waals surface area contributed by atoms with E-state index in [0.29, 0.717) is 21.5 Å². The van der Waals surface area contributed by atoms with E-state index in [1.165, 1.54) is 23.9 Å². The average molecular weight is 302 g/mol. The maximum Gasteiger partial charge on any atom is 0.123 e. The fraction of sp³-hybridized carbons (Fsp3) is 0.0769. The summed E-state index contributed by atoms with van der Waals surface area (Å²) in [7, 11) is 0. The first kappa shape index (κ1) is 13.5. The van der Waals surface area contributed by atoms with Crippen LogP contribution in [0.25, 0.3) is 0 Å². The van der Waals surface area contributed by atoms with Crippen LogP contribution in [0.3, 0.4) is 0 Å². The first-order valence-electron chi connectivity index (χ1n) is 5.18. The van der Waals surface area contributed by atoms with Gasteiger partial charge in [0.05, 0.1) is 10.0 Å². The van der Waals surface area contributed by atoms with E-state index >= 15 is 0 Å². The molecule has 0 atom stereocenters. The topological polar surface area (TPSA) is 26.0 Å². The summed E-state index contributed by atoms with van der Waals surface area (Å²) < 4.78 is 13.1. The van der Waals surface area contributed by atoms with Gasteiger partial charge < -0.3 is 5.73 Å². The molecule has 0 heterocycles. The van der Waals surface area contributed by atoms with E-state index < -0.39 is 0 Å². The van der Waals surface area contributed by atoms with Gasteiger partial charge in [0.25, 0.3) is 0 Å². The molecule has 5 heteroatoms. The van der Waals surface area contributed by atoms with Gasteiger partial charge in [0.15, 0.2) is 0 Å². The van der Waals surface area contributed by atoms with Crippen molar-refractivity contribution in [2.45, 2.75) is 10.6 Å². The lowest BCUT2D eigenvalue weighted by molar-refractivity contribution is 0.627. The van der Waals surface area contributed by atoms with Gasteiger partial charge in [-0.2, -0.15) is 0 Å². The highest BCUT2D eigenvalue weighted by Crippen LogP contribution is 2.31. The molecule has 2 rings (SSSR count). The van der Waals surface area contributed by atoms with Gasteiger partial charge >= 0.3 is 0 Å². The molecular formula is C13H10Cl2FNS. The summed E-state index contributed by atoms with van der Waals surface area (Å²) in [6.07, 6.45) is 0. The molecule has 2 N–H and O–H groups in total. The lowest BCUT2D eigenvalue weighted by Gasteiger charge is -2.06.